The molecule has 0 spiro atoms. The number of hydrogen-bond acceptors (Lipinski definition) is 9. The fraction of sp³-hybridized carbons (Fsp3) is 0.250. The summed E-state index contributed by atoms with van der Waals surface area (Å²) in [6.07, 6.45) is 0.275. The Hall–Kier alpha value is -6.51. The first-order valence-corrected chi connectivity index (χ1v) is 20.1. The van der Waals surface area contributed by atoms with Crippen LogP contribution in [0.5, 0.6) is 5.75 Å². The van der Waals surface area contributed by atoms with Crippen LogP contribution >= 0.6 is 11.3 Å². The predicted octanol–water partition coefficient (Wildman–Crippen LogP) is 6.25. The monoisotopic (exact) mass is 796 g/mol. The molecule has 0 radical (unpaired) electrons. The van der Waals surface area contributed by atoms with Crippen LogP contribution in [0.3, 0.4) is 0 Å². The summed E-state index contributed by atoms with van der Waals surface area (Å²) in [5.74, 6) is 0.0552. The molecule has 14 heteroatoms. The van der Waals surface area contributed by atoms with Crippen LogP contribution in [0.15, 0.2) is 109 Å². The number of anilines is 2. The van der Waals surface area contributed by atoms with Crippen molar-refractivity contribution in [3.05, 3.63) is 131 Å². The standard InChI is InChI=1S/C44H44N8O5S/c1-3-22-50(44(56)46-24-29-16-20-33(57-2)21-17-29)51-27-39(53)52-36(42(55)49(26-38(51)52)25-31-10-7-13-37-40(31)48-43(45)58-37)23-28-14-18-32(19-15-28)47-41(54)35-12-6-9-30-8-4-5-11-34(30)35/h4-21,36,38H,3,22-27H2,1-2H3,(H2,45,48)(H,46,56)(H,47,54)/t36-,38+/m0/s1. The minimum Gasteiger partial charge on any atom is -0.497 e. The molecular weight excluding hydrogens is 753 g/mol. The Morgan fingerprint density at radius 1 is 0.931 bits per heavy atom. The van der Waals surface area contributed by atoms with Crippen LogP contribution in [0.25, 0.3) is 21.0 Å². The van der Waals surface area contributed by atoms with E-state index in [0.29, 0.717) is 29.3 Å². The molecule has 5 amide bonds. The number of hydrazine groups is 1. The fourth-order valence-corrected chi connectivity index (χ4v) is 8.67. The third kappa shape index (κ3) is 7.76. The largest absolute Gasteiger partial charge is 0.497 e. The molecule has 1 aromatic heterocycles. The van der Waals surface area contributed by atoms with Gasteiger partial charge in [0, 0.05) is 37.3 Å². The van der Waals surface area contributed by atoms with Gasteiger partial charge in [-0.15, -0.1) is 0 Å². The number of nitrogens with zero attached hydrogens (tertiary/aromatic N) is 5. The van der Waals surface area contributed by atoms with Crippen LogP contribution in [0.4, 0.5) is 15.6 Å². The van der Waals surface area contributed by atoms with E-state index < -0.39 is 12.2 Å². The van der Waals surface area contributed by atoms with E-state index in [1.54, 1.807) is 33.0 Å². The zero-order chi connectivity index (χ0) is 40.3. The number of urea groups is 1. The van der Waals surface area contributed by atoms with Gasteiger partial charge in [0.2, 0.25) is 11.8 Å². The van der Waals surface area contributed by atoms with E-state index >= 15 is 0 Å². The Labute approximate surface area is 339 Å². The second kappa shape index (κ2) is 16.5. The number of aromatic nitrogens is 1. The second-order valence-corrected chi connectivity index (χ2v) is 15.5. The average Bonchev–Trinajstić information content (AvgIpc) is 3.79. The van der Waals surface area contributed by atoms with Gasteiger partial charge in [-0.2, -0.15) is 5.01 Å². The molecule has 0 aliphatic carbocycles. The van der Waals surface area contributed by atoms with Gasteiger partial charge in [0.15, 0.2) is 5.13 Å². The first-order valence-electron chi connectivity index (χ1n) is 19.3. The van der Waals surface area contributed by atoms with Crippen molar-refractivity contribution in [2.45, 2.75) is 45.1 Å². The SMILES string of the molecule is CCCN(C(=O)NCc1ccc(OC)cc1)N1CC(=O)N2[C@@H](Cc3ccc(NC(=O)c4cccc5ccccc45)cc3)C(=O)N(Cc3cccc4sc(N)nc34)C[C@@H]21. The van der Waals surface area contributed by atoms with Gasteiger partial charge in [0.1, 0.15) is 18.0 Å². The molecule has 58 heavy (non-hydrogen) atoms. The highest BCUT2D eigenvalue weighted by Crippen LogP contribution is 2.33. The predicted molar refractivity (Wildman–Crippen MR) is 225 cm³/mol. The number of fused-ring (bicyclic) bond motifs is 3. The van der Waals surface area contributed by atoms with Crippen molar-refractivity contribution in [2.24, 2.45) is 0 Å². The molecule has 5 aromatic carbocycles. The highest BCUT2D eigenvalue weighted by atomic mass is 32.1. The summed E-state index contributed by atoms with van der Waals surface area (Å²) in [6.45, 7) is 3.00. The number of nitrogens with two attached hydrogens (primary N) is 1. The number of para-hydroxylation sites is 1. The lowest BCUT2D eigenvalue weighted by Crippen LogP contribution is -2.66. The van der Waals surface area contributed by atoms with Crippen molar-refractivity contribution >= 4 is 66.9 Å². The van der Waals surface area contributed by atoms with Gasteiger partial charge in [-0.25, -0.2) is 9.78 Å². The number of amides is 5. The van der Waals surface area contributed by atoms with E-state index in [4.69, 9.17) is 10.5 Å². The van der Waals surface area contributed by atoms with Gasteiger partial charge < -0.3 is 30.9 Å². The minimum absolute atomic E-state index is 0.0599. The number of carbonyl (C=O) groups is 4. The van der Waals surface area contributed by atoms with E-state index in [1.165, 1.54) is 11.3 Å². The molecule has 0 saturated carbocycles. The molecular formula is C44H44N8O5S. The van der Waals surface area contributed by atoms with Crippen LogP contribution < -0.4 is 21.1 Å². The molecule has 2 saturated heterocycles. The van der Waals surface area contributed by atoms with E-state index in [1.807, 2.05) is 110 Å². The molecule has 6 aromatic rings. The third-order valence-corrected chi connectivity index (χ3v) is 11.6. The first-order chi connectivity index (χ1) is 28.2. The van der Waals surface area contributed by atoms with Gasteiger partial charge in [-0.3, -0.25) is 19.4 Å². The molecule has 0 bridgehead atoms. The number of rotatable bonds is 12. The van der Waals surface area contributed by atoms with E-state index in [9.17, 15) is 19.2 Å². The summed E-state index contributed by atoms with van der Waals surface area (Å²) in [5.41, 5.74) is 10.6. The van der Waals surface area contributed by atoms with Crippen molar-refractivity contribution in [3.63, 3.8) is 0 Å². The van der Waals surface area contributed by atoms with E-state index in [0.717, 1.165) is 43.4 Å². The number of nitrogens with one attached hydrogen (secondary N) is 2. The molecule has 2 fully saturated rings. The lowest BCUT2D eigenvalue weighted by atomic mass is 9.99. The van der Waals surface area contributed by atoms with Crippen molar-refractivity contribution in [1.82, 2.24) is 30.1 Å². The Kier molecular flexibility index (Phi) is 10.9. The molecule has 8 rings (SSSR count). The Morgan fingerprint density at radius 3 is 2.45 bits per heavy atom. The highest BCUT2D eigenvalue weighted by Gasteiger charge is 2.52. The van der Waals surface area contributed by atoms with Gasteiger partial charge >= 0.3 is 6.03 Å². The Balaban J connectivity index is 1.05. The van der Waals surface area contributed by atoms with Gasteiger partial charge in [-0.05, 0) is 70.3 Å². The number of benzene rings is 5. The molecule has 13 nitrogen and oxygen atoms in total. The molecule has 2 aliphatic heterocycles. The van der Waals surface area contributed by atoms with E-state index in [2.05, 4.69) is 15.6 Å². The maximum Gasteiger partial charge on any atom is 0.332 e. The maximum atomic E-state index is 14.6. The summed E-state index contributed by atoms with van der Waals surface area (Å²) in [6, 6.07) is 32.8. The average molecular weight is 797 g/mol. The smallest absolute Gasteiger partial charge is 0.332 e. The molecule has 296 valence electrons. The summed E-state index contributed by atoms with van der Waals surface area (Å²) in [5, 5.41) is 11.7. The maximum absolute atomic E-state index is 14.6. The number of ether oxygens (including phenoxy) is 1. The number of thiazole rings is 1. The zero-order valence-corrected chi connectivity index (χ0v) is 33.1. The quantitative estimate of drug-likeness (QED) is 0.131. The number of methoxy groups -OCH3 is 1. The van der Waals surface area contributed by atoms with E-state index in [-0.39, 0.29) is 56.4 Å². The molecule has 2 atom stereocenters. The van der Waals surface area contributed by atoms with Crippen LogP contribution in [0, 0.1) is 0 Å². The van der Waals surface area contributed by atoms with Crippen LogP contribution in [0.2, 0.25) is 0 Å². The van der Waals surface area contributed by atoms with Crippen LogP contribution in [0.1, 0.15) is 40.4 Å². The summed E-state index contributed by atoms with van der Waals surface area (Å²) < 4.78 is 6.19. The topological polar surface area (TPSA) is 153 Å². The number of nitrogen functional groups attached to an aromatic ring is 1. The molecule has 2 aliphatic rings. The normalized spacial score (nSPS) is 16.8. The molecule has 0 unspecified atom stereocenters. The zero-order valence-electron chi connectivity index (χ0n) is 32.3. The summed E-state index contributed by atoms with van der Waals surface area (Å²) >= 11 is 1.39. The lowest BCUT2D eigenvalue weighted by Gasteiger charge is -2.46. The van der Waals surface area contributed by atoms with Crippen molar-refractivity contribution in [2.75, 3.05) is 37.8 Å². The number of piperazine rings is 1. The third-order valence-electron chi connectivity index (χ3n) is 10.7. The van der Waals surface area contributed by atoms with Crippen molar-refractivity contribution in [1.29, 1.82) is 0 Å². The summed E-state index contributed by atoms with van der Waals surface area (Å²) in [4.78, 5) is 63.9. The molecule has 3 heterocycles. The minimum atomic E-state index is -0.849. The van der Waals surface area contributed by atoms with Crippen LogP contribution in [-0.2, 0) is 29.1 Å². The van der Waals surface area contributed by atoms with Crippen molar-refractivity contribution < 1.29 is 23.9 Å². The fourth-order valence-electron chi connectivity index (χ4n) is 7.89. The lowest BCUT2D eigenvalue weighted by molar-refractivity contribution is -0.157. The molecule has 4 N–H and O–H groups in total. The van der Waals surface area contributed by atoms with Crippen molar-refractivity contribution in [3.8, 4) is 5.75 Å². The number of carbonyl (C=O) groups excluding carboxylic acids is 4. The summed E-state index contributed by atoms with van der Waals surface area (Å²) in [7, 11) is 1.60. The van der Waals surface area contributed by atoms with Gasteiger partial charge in [-0.1, -0.05) is 91.1 Å². The van der Waals surface area contributed by atoms with Gasteiger partial charge in [0.25, 0.3) is 5.91 Å². The van der Waals surface area contributed by atoms with Gasteiger partial charge in [0.05, 0.1) is 30.4 Å². The second-order valence-electron chi connectivity index (χ2n) is 14.4. The number of hydrogen-bond donors (Lipinski definition) is 3. The Bertz CT molecular complexity index is 2490. The van der Waals surface area contributed by atoms with Crippen LogP contribution in [-0.4, -0.2) is 87.5 Å². The first kappa shape index (κ1) is 38.4. The highest BCUT2D eigenvalue weighted by molar-refractivity contribution is 7.22. The Morgan fingerprint density at radius 2 is 1.67 bits per heavy atom.